The summed E-state index contributed by atoms with van der Waals surface area (Å²) >= 11 is 3.39. The number of rotatable bonds is 3. The fourth-order valence-electron chi connectivity index (χ4n) is 2.10. The van der Waals surface area contributed by atoms with Crippen LogP contribution in [-0.4, -0.2) is 18.4 Å². The summed E-state index contributed by atoms with van der Waals surface area (Å²) in [5.41, 5.74) is 0.807. The van der Waals surface area contributed by atoms with E-state index < -0.39 is 0 Å². The molecule has 1 heterocycles. The van der Waals surface area contributed by atoms with Crippen molar-refractivity contribution in [3.05, 3.63) is 34.3 Å². The van der Waals surface area contributed by atoms with Crippen LogP contribution in [-0.2, 0) is 0 Å². The van der Waals surface area contributed by atoms with Crippen LogP contribution in [0.15, 0.2) is 28.7 Å². The Kier molecular flexibility index (Phi) is 4.13. The molecule has 3 heteroatoms. The molecule has 2 rings (SSSR count). The van der Waals surface area contributed by atoms with Gasteiger partial charge >= 0.3 is 0 Å². The first-order chi connectivity index (χ1) is 7.75. The minimum Gasteiger partial charge on any atom is -0.314 e. The minimum absolute atomic E-state index is 0.237. The first-order valence-corrected chi connectivity index (χ1v) is 6.57. The quantitative estimate of drug-likeness (QED) is 0.863. The molecule has 1 atom stereocenters. The summed E-state index contributed by atoms with van der Waals surface area (Å²) < 4.78 is 0.968. The van der Waals surface area contributed by atoms with Crippen LogP contribution in [0.1, 0.15) is 36.0 Å². The van der Waals surface area contributed by atoms with E-state index in [0.29, 0.717) is 12.5 Å². The van der Waals surface area contributed by atoms with Crippen molar-refractivity contribution in [2.45, 2.75) is 31.7 Å². The lowest BCUT2D eigenvalue weighted by molar-refractivity contribution is 0.0963. The van der Waals surface area contributed by atoms with Crippen molar-refractivity contribution in [2.75, 3.05) is 6.54 Å². The smallest absolute Gasteiger partial charge is 0.164 e. The summed E-state index contributed by atoms with van der Waals surface area (Å²) in [7, 11) is 0. The van der Waals surface area contributed by atoms with Gasteiger partial charge in [-0.05, 0) is 31.5 Å². The monoisotopic (exact) mass is 281 g/mol. The van der Waals surface area contributed by atoms with Crippen LogP contribution >= 0.6 is 15.9 Å². The average molecular weight is 282 g/mol. The van der Waals surface area contributed by atoms with Crippen LogP contribution in [0.2, 0.25) is 0 Å². The normalized spacial score (nSPS) is 20.7. The lowest BCUT2D eigenvalue weighted by Gasteiger charge is -2.22. The van der Waals surface area contributed by atoms with Crippen LogP contribution in [0.4, 0.5) is 0 Å². The molecule has 1 aliphatic heterocycles. The van der Waals surface area contributed by atoms with Crippen molar-refractivity contribution < 1.29 is 4.79 Å². The molecule has 16 heavy (non-hydrogen) atoms. The molecule has 2 nitrogen and oxygen atoms in total. The molecule has 1 aliphatic rings. The second-order valence-corrected chi connectivity index (χ2v) is 5.20. The first-order valence-electron chi connectivity index (χ1n) is 5.78. The lowest BCUT2D eigenvalue weighted by atomic mass is 9.97. The second kappa shape index (κ2) is 5.60. The third kappa shape index (κ3) is 3.16. The zero-order valence-electron chi connectivity index (χ0n) is 9.21. The van der Waals surface area contributed by atoms with E-state index in [1.165, 1.54) is 12.8 Å². The van der Waals surface area contributed by atoms with Gasteiger partial charge in [0.25, 0.3) is 0 Å². The molecule has 0 spiro atoms. The number of ketones is 1. The molecule has 1 aromatic carbocycles. The van der Waals surface area contributed by atoms with Gasteiger partial charge in [0.05, 0.1) is 0 Å². The largest absolute Gasteiger partial charge is 0.314 e. The molecule has 86 valence electrons. The molecule has 0 aliphatic carbocycles. The van der Waals surface area contributed by atoms with E-state index in [9.17, 15) is 4.79 Å². The van der Waals surface area contributed by atoms with E-state index in [1.807, 2.05) is 24.3 Å². The number of hydrogen-bond acceptors (Lipinski definition) is 2. The number of hydrogen-bond donors (Lipinski definition) is 1. The van der Waals surface area contributed by atoms with Crippen LogP contribution in [0.25, 0.3) is 0 Å². The molecule has 0 saturated carbocycles. The average Bonchev–Trinajstić information content (AvgIpc) is 2.30. The maximum Gasteiger partial charge on any atom is 0.164 e. The highest BCUT2D eigenvalue weighted by Gasteiger charge is 2.17. The Hall–Kier alpha value is -0.670. The van der Waals surface area contributed by atoms with Gasteiger partial charge in [-0.1, -0.05) is 34.5 Å². The maximum absolute atomic E-state index is 12.0. The van der Waals surface area contributed by atoms with Gasteiger partial charge in [0, 0.05) is 22.5 Å². The Morgan fingerprint density at radius 3 is 3.00 bits per heavy atom. The predicted octanol–water partition coefficient (Wildman–Crippen LogP) is 3.16. The van der Waals surface area contributed by atoms with Gasteiger partial charge < -0.3 is 5.32 Å². The van der Waals surface area contributed by atoms with E-state index in [1.54, 1.807) is 0 Å². The van der Waals surface area contributed by atoms with E-state index in [0.717, 1.165) is 23.0 Å². The molecule has 0 radical (unpaired) electrons. The number of carbonyl (C=O) groups excluding carboxylic acids is 1. The van der Waals surface area contributed by atoms with Gasteiger partial charge in [-0.3, -0.25) is 4.79 Å². The second-order valence-electron chi connectivity index (χ2n) is 4.28. The summed E-state index contributed by atoms with van der Waals surface area (Å²) in [6.45, 7) is 1.05. The van der Waals surface area contributed by atoms with E-state index in [2.05, 4.69) is 21.2 Å². The Bertz CT molecular complexity index is 372. The molecule has 1 unspecified atom stereocenters. The predicted molar refractivity (Wildman–Crippen MR) is 68.7 cm³/mol. The molecule has 1 fully saturated rings. The number of benzene rings is 1. The standard InChI is InChI=1S/C13H16BrNO/c14-11-5-3-4-10(8-11)13(16)9-12-6-1-2-7-15-12/h3-5,8,12,15H,1-2,6-7,9H2. The van der Waals surface area contributed by atoms with E-state index in [-0.39, 0.29) is 5.78 Å². The minimum atomic E-state index is 0.237. The summed E-state index contributed by atoms with van der Waals surface area (Å²) in [6, 6.07) is 8.00. The molecule has 0 amide bonds. The molecular formula is C13H16BrNO. The molecule has 1 N–H and O–H groups in total. The van der Waals surface area contributed by atoms with Crippen molar-refractivity contribution in [2.24, 2.45) is 0 Å². The Balaban J connectivity index is 1.97. The van der Waals surface area contributed by atoms with Crippen molar-refractivity contribution in [3.8, 4) is 0 Å². The molecular weight excluding hydrogens is 266 g/mol. The van der Waals surface area contributed by atoms with Crippen molar-refractivity contribution in [1.82, 2.24) is 5.32 Å². The third-order valence-corrected chi connectivity index (χ3v) is 3.48. The van der Waals surface area contributed by atoms with Crippen LogP contribution in [0, 0.1) is 0 Å². The Labute approximate surface area is 105 Å². The van der Waals surface area contributed by atoms with Gasteiger partial charge in [-0.2, -0.15) is 0 Å². The van der Waals surface area contributed by atoms with E-state index in [4.69, 9.17) is 0 Å². The molecule has 0 aromatic heterocycles. The lowest BCUT2D eigenvalue weighted by Crippen LogP contribution is -2.35. The molecule has 1 saturated heterocycles. The molecule has 0 bridgehead atoms. The molecule has 1 aromatic rings. The summed E-state index contributed by atoms with van der Waals surface area (Å²) in [6.07, 6.45) is 4.22. The van der Waals surface area contributed by atoms with Crippen molar-refractivity contribution >= 4 is 21.7 Å². The fraction of sp³-hybridized carbons (Fsp3) is 0.462. The first kappa shape index (κ1) is 11.8. The van der Waals surface area contributed by atoms with Gasteiger partial charge in [0.2, 0.25) is 0 Å². The SMILES string of the molecule is O=C(CC1CCCCN1)c1cccc(Br)c1. The topological polar surface area (TPSA) is 29.1 Å². The van der Waals surface area contributed by atoms with Crippen molar-refractivity contribution in [3.63, 3.8) is 0 Å². The van der Waals surface area contributed by atoms with Gasteiger partial charge in [-0.25, -0.2) is 0 Å². The summed E-state index contributed by atoms with van der Waals surface area (Å²) in [5, 5.41) is 3.40. The Morgan fingerprint density at radius 2 is 2.31 bits per heavy atom. The van der Waals surface area contributed by atoms with Crippen LogP contribution in [0.3, 0.4) is 0 Å². The summed E-state index contributed by atoms with van der Waals surface area (Å²) in [5.74, 6) is 0.237. The third-order valence-electron chi connectivity index (χ3n) is 2.99. The van der Waals surface area contributed by atoms with E-state index >= 15 is 0 Å². The maximum atomic E-state index is 12.0. The Morgan fingerprint density at radius 1 is 1.44 bits per heavy atom. The van der Waals surface area contributed by atoms with Gasteiger partial charge in [0.1, 0.15) is 0 Å². The number of halogens is 1. The zero-order chi connectivity index (χ0) is 11.4. The highest BCUT2D eigenvalue weighted by Crippen LogP contribution is 2.16. The van der Waals surface area contributed by atoms with Crippen LogP contribution in [0.5, 0.6) is 0 Å². The summed E-state index contributed by atoms with van der Waals surface area (Å²) in [4.78, 5) is 12.0. The van der Waals surface area contributed by atoms with Crippen molar-refractivity contribution in [1.29, 1.82) is 0 Å². The van der Waals surface area contributed by atoms with Gasteiger partial charge in [-0.15, -0.1) is 0 Å². The number of nitrogens with one attached hydrogen (secondary N) is 1. The van der Waals surface area contributed by atoms with Gasteiger partial charge in [0.15, 0.2) is 5.78 Å². The zero-order valence-corrected chi connectivity index (χ0v) is 10.8. The number of piperidine rings is 1. The van der Waals surface area contributed by atoms with Crippen LogP contribution < -0.4 is 5.32 Å². The highest BCUT2D eigenvalue weighted by molar-refractivity contribution is 9.10. The highest BCUT2D eigenvalue weighted by atomic mass is 79.9. The number of carbonyl (C=O) groups is 1. The number of Topliss-reactive ketones (excluding diaryl/α,β-unsaturated/α-hetero) is 1. The fourth-order valence-corrected chi connectivity index (χ4v) is 2.50.